The van der Waals surface area contributed by atoms with Crippen LogP contribution in [-0.2, 0) is 30.2 Å². The van der Waals surface area contributed by atoms with Crippen LogP contribution in [0.15, 0.2) is 64.8 Å². The summed E-state index contributed by atoms with van der Waals surface area (Å²) < 4.78 is 62.8. The Morgan fingerprint density at radius 3 is 2.49 bits per heavy atom. The number of carbonyl (C=O) groups excluding carboxylic acids is 2. The zero-order chi connectivity index (χ0) is 29.7. The van der Waals surface area contributed by atoms with Gasteiger partial charge in [0.05, 0.1) is 30.8 Å². The van der Waals surface area contributed by atoms with Gasteiger partial charge in [0.1, 0.15) is 30.1 Å². The number of aliphatic imine (C=N–C) groups is 1. The number of ether oxygens (including phenoxy) is 4. The van der Waals surface area contributed by atoms with E-state index in [4.69, 9.17) is 14.2 Å². The van der Waals surface area contributed by atoms with Crippen molar-refractivity contribution in [3.63, 3.8) is 0 Å². The molecule has 0 aliphatic carbocycles. The number of carbonyl (C=O) groups is 2. The molecule has 0 N–H and O–H groups in total. The van der Waals surface area contributed by atoms with E-state index in [0.717, 1.165) is 24.8 Å². The maximum absolute atomic E-state index is 14.0. The van der Waals surface area contributed by atoms with E-state index in [1.165, 1.54) is 19.1 Å². The Morgan fingerprint density at radius 1 is 1.17 bits per heavy atom. The molecule has 3 unspecified atom stereocenters. The van der Waals surface area contributed by atoms with E-state index in [2.05, 4.69) is 9.73 Å². The van der Waals surface area contributed by atoms with Crippen molar-refractivity contribution in [3.05, 3.63) is 81.0 Å². The number of allylic oxidation sites excluding steroid dienone is 1. The van der Waals surface area contributed by atoms with Crippen molar-refractivity contribution in [1.29, 1.82) is 0 Å². The highest BCUT2D eigenvalue weighted by atomic mass is 19.4. The maximum atomic E-state index is 14.0. The van der Waals surface area contributed by atoms with Gasteiger partial charge in [0.2, 0.25) is 0 Å². The SMILES string of the molecule is COC(=O)C1C(C(F)(F)F)=NC(C)=C(C(=O)OCCCc2ccc(OCC3CO3)cc2)C1c1cccc([N+](=O)[O-])c1. The number of benzene rings is 2. The summed E-state index contributed by atoms with van der Waals surface area (Å²) in [7, 11) is 0.907. The van der Waals surface area contributed by atoms with Crippen LogP contribution < -0.4 is 4.74 Å². The summed E-state index contributed by atoms with van der Waals surface area (Å²) in [6.45, 7) is 2.29. The van der Waals surface area contributed by atoms with Crippen LogP contribution in [0, 0.1) is 16.0 Å². The Balaban J connectivity index is 1.53. The molecule has 1 saturated heterocycles. The Hall–Kier alpha value is -4.26. The third kappa shape index (κ3) is 7.28. The molecule has 0 radical (unpaired) electrons. The summed E-state index contributed by atoms with van der Waals surface area (Å²) in [5.74, 6) is -5.25. The fraction of sp³-hybridized carbons (Fsp3) is 0.393. The topological polar surface area (TPSA) is 130 Å². The quantitative estimate of drug-likeness (QED) is 0.124. The number of esters is 2. The predicted molar refractivity (Wildman–Crippen MR) is 138 cm³/mol. The van der Waals surface area contributed by atoms with Gasteiger partial charge in [-0.1, -0.05) is 24.3 Å². The molecule has 2 aromatic rings. The zero-order valence-corrected chi connectivity index (χ0v) is 22.2. The van der Waals surface area contributed by atoms with Gasteiger partial charge in [-0.3, -0.25) is 19.9 Å². The lowest BCUT2D eigenvalue weighted by Crippen LogP contribution is -2.43. The largest absolute Gasteiger partial charge is 0.491 e. The van der Waals surface area contributed by atoms with Gasteiger partial charge < -0.3 is 18.9 Å². The Labute approximate surface area is 232 Å². The van der Waals surface area contributed by atoms with E-state index in [-0.39, 0.29) is 29.5 Å². The number of rotatable bonds is 11. The van der Waals surface area contributed by atoms with Gasteiger partial charge in [-0.25, -0.2) is 4.79 Å². The molecule has 0 saturated carbocycles. The van der Waals surface area contributed by atoms with Crippen molar-refractivity contribution in [2.24, 2.45) is 10.9 Å². The van der Waals surface area contributed by atoms with E-state index < -0.39 is 46.3 Å². The first-order chi connectivity index (χ1) is 19.5. The van der Waals surface area contributed by atoms with Gasteiger partial charge in [-0.15, -0.1) is 0 Å². The Kier molecular flexibility index (Phi) is 9.06. The lowest BCUT2D eigenvalue weighted by atomic mass is 9.75. The van der Waals surface area contributed by atoms with Crippen LogP contribution in [-0.4, -0.2) is 61.8 Å². The molecule has 0 amide bonds. The van der Waals surface area contributed by atoms with Crippen LogP contribution in [0.2, 0.25) is 0 Å². The molecule has 0 bridgehead atoms. The lowest BCUT2D eigenvalue weighted by Gasteiger charge is -2.32. The molecule has 2 aromatic carbocycles. The molecule has 218 valence electrons. The molecule has 1 fully saturated rings. The first-order valence-corrected chi connectivity index (χ1v) is 12.7. The van der Waals surface area contributed by atoms with Gasteiger partial charge in [0.25, 0.3) is 5.69 Å². The van der Waals surface area contributed by atoms with E-state index in [0.29, 0.717) is 31.8 Å². The van der Waals surface area contributed by atoms with Gasteiger partial charge >= 0.3 is 18.1 Å². The third-order valence-corrected chi connectivity index (χ3v) is 6.63. The Bertz CT molecular complexity index is 1370. The molecule has 2 heterocycles. The molecule has 3 atom stereocenters. The molecule has 41 heavy (non-hydrogen) atoms. The molecule has 10 nitrogen and oxygen atoms in total. The first-order valence-electron chi connectivity index (χ1n) is 12.7. The highest BCUT2D eigenvalue weighted by Gasteiger charge is 2.52. The van der Waals surface area contributed by atoms with Crippen molar-refractivity contribution in [3.8, 4) is 5.75 Å². The van der Waals surface area contributed by atoms with Crippen LogP contribution in [0.4, 0.5) is 18.9 Å². The van der Waals surface area contributed by atoms with Gasteiger partial charge in [0, 0.05) is 23.7 Å². The van der Waals surface area contributed by atoms with E-state index >= 15 is 0 Å². The van der Waals surface area contributed by atoms with E-state index in [1.807, 2.05) is 24.3 Å². The van der Waals surface area contributed by atoms with Crippen LogP contribution in [0.25, 0.3) is 0 Å². The van der Waals surface area contributed by atoms with Crippen molar-refractivity contribution >= 4 is 23.3 Å². The number of hydrogen-bond acceptors (Lipinski definition) is 9. The molecule has 2 aliphatic rings. The second-order valence-electron chi connectivity index (χ2n) is 9.47. The molecule has 0 aromatic heterocycles. The molecule has 2 aliphatic heterocycles. The average Bonchev–Trinajstić information content (AvgIpc) is 3.78. The number of nitrogens with zero attached hydrogens (tertiary/aromatic N) is 2. The normalized spacial score (nSPS) is 20.2. The lowest BCUT2D eigenvalue weighted by molar-refractivity contribution is -0.384. The van der Waals surface area contributed by atoms with Gasteiger partial charge in [-0.2, -0.15) is 13.2 Å². The van der Waals surface area contributed by atoms with Crippen molar-refractivity contribution in [2.45, 2.75) is 38.0 Å². The molecular formula is C28H27F3N2O8. The summed E-state index contributed by atoms with van der Waals surface area (Å²) >= 11 is 0. The summed E-state index contributed by atoms with van der Waals surface area (Å²) in [5.41, 5.74) is -1.63. The molecular weight excluding hydrogens is 549 g/mol. The average molecular weight is 577 g/mol. The van der Waals surface area contributed by atoms with E-state index in [1.54, 1.807) is 0 Å². The minimum Gasteiger partial charge on any atom is -0.491 e. The number of non-ortho nitro benzene ring substituents is 1. The molecule has 0 spiro atoms. The first kappa shape index (κ1) is 29.7. The number of aryl methyl sites for hydroxylation is 1. The Morgan fingerprint density at radius 2 is 1.88 bits per heavy atom. The zero-order valence-electron chi connectivity index (χ0n) is 22.2. The maximum Gasteiger partial charge on any atom is 0.430 e. The number of nitro groups is 1. The second-order valence-corrected chi connectivity index (χ2v) is 9.47. The smallest absolute Gasteiger partial charge is 0.430 e. The van der Waals surface area contributed by atoms with Crippen LogP contribution in [0.1, 0.15) is 30.4 Å². The highest BCUT2D eigenvalue weighted by Crippen LogP contribution is 2.44. The minimum absolute atomic E-state index is 0.0619. The minimum atomic E-state index is -5.04. The number of hydrogen-bond donors (Lipinski definition) is 0. The van der Waals surface area contributed by atoms with Crippen LogP contribution >= 0.6 is 0 Å². The van der Waals surface area contributed by atoms with Gasteiger partial charge in [-0.05, 0) is 43.0 Å². The number of methoxy groups -OCH3 is 1. The van der Waals surface area contributed by atoms with Crippen LogP contribution in [0.5, 0.6) is 5.75 Å². The molecule has 13 heteroatoms. The van der Waals surface area contributed by atoms with Crippen molar-refractivity contribution in [2.75, 3.05) is 26.9 Å². The van der Waals surface area contributed by atoms with E-state index in [9.17, 15) is 32.9 Å². The second kappa shape index (κ2) is 12.5. The number of alkyl halides is 3. The van der Waals surface area contributed by atoms with Gasteiger partial charge in [0.15, 0.2) is 0 Å². The van der Waals surface area contributed by atoms with Crippen molar-refractivity contribution < 1.29 is 46.6 Å². The van der Waals surface area contributed by atoms with Crippen LogP contribution in [0.3, 0.4) is 0 Å². The fourth-order valence-corrected chi connectivity index (χ4v) is 4.56. The number of halogens is 3. The number of epoxide rings is 1. The fourth-order valence-electron chi connectivity index (χ4n) is 4.56. The molecule has 4 rings (SSSR count). The third-order valence-electron chi connectivity index (χ3n) is 6.63. The predicted octanol–water partition coefficient (Wildman–Crippen LogP) is 4.71. The summed E-state index contributed by atoms with van der Waals surface area (Å²) in [6.07, 6.45) is -3.97. The number of nitro benzene ring substituents is 1. The standard InChI is InChI=1S/C28H27F3N2O8/c1-16-22(27(35)39-12-4-5-17-8-10-20(11-9-17)40-14-21-15-41-21)23(18-6-3-7-19(13-18)33(36)37)24(26(34)38-2)25(32-16)28(29,30)31/h3,6-11,13,21,23-24H,4-5,12,14-15H2,1-2H3. The summed E-state index contributed by atoms with van der Waals surface area (Å²) in [6, 6.07) is 12.1. The van der Waals surface area contributed by atoms with Crippen molar-refractivity contribution in [1.82, 2.24) is 0 Å². The monoisotopic (exact) mass is 576 g/mol. The summed E-state index contributed by atoms with van der Waals surface area (Å²) in [4.78, 5) is 40.2. The highest BCUT2D eigenvalue weighted by molar-refractivity contribution is 6.10. The summed E-state index contributed by atoms with van der Waals surface area (Å²) in [5, 5.41) is 11.4.